The summed E-state index contributed by atoms with van der Waals surface area (Å²) in [6, 6.07) is 7.95. The average molecular weight is 353 g/mol. The number of carbonyl (C=O) groups is 1. The maximum Gasteiger partial charge on any atom is 0.223 e. The van der Waals surface area contributed by atoms with Crippen molar-refractivity contribution in [2.24, 2.45) is 0 Å². The number of benzene rings is 1. The Balaban J connectivity index is 1.95. The quantitative estimate of drug-likeness (QED) is 0.722. The number of hydrogen-bond acceptors (Lipinski definition) is 3. The maximum absolute atomic E-state index is 12.6. The fourth-order valence-corrected chi connectivity index (χ4v) is 4.51. The van der Waals surface area contributed by atoms with Gasteiger partial charge in [0.25, 0.3) is 0 Å². The Morgan fingerprint density at radius 2 is 1.75 bits per heavy atom. The summed E-state index contributed by atoms with van der Waals surface area (Å²) in [6.45, 7) is 6.37. The van der Waals surface area contributed by atoms with Crippen molar-refractivity contribution in [3.05, 3.63) is 35.4 Å². The Morgan fingerprint density at radius 3 is 2.38 bits per heavy atom. The molecule has 6 heteroatoms. The van der Waals surface area contributed by atoms with Crippen LogP contribution in [0.4, 0.5) is 0 Å². The number of nitrogens with zero attached hydrogens (tertiary/aromatic N) is 2. The van der Waals surface area contributed by atoms with Crippen molar-refractivity contribution in [3.8, 4) is 0 Å². The van der Waals surface area contributed by atoms with Crippen LogP contribution < -0.4 is 0 Å². The van der Waals surface area contributed by atoms with Crippen LogP contribution in [0.2, 0.25) is 0 Å². The van der Waals surface area contributed by atoms with Crippen LogP contribution in [-0.2, 0) is 27.8 Å². The fourth-order valence-electron chi connectivity index (χ4n) is 3.11. The molecule has 1 aliphatic rings. The van der Waals surface area contributed by atoms with Gasteiger partial charge >= 0.3 is 0 Å². The fraction of sp³-hybridized carbons (Fsp3) is 0.611. The molecule has 134 valence electrons. The van der Waals surface area contributed by atoms with Crippen molar-refractivity contribution in [1.29, 1.82) is 0 Å². The van der Waals surface area contributed by atoms with Crippen molar-refractivity contribution >= 4 is 15.9 Å². The molecular formula is C18H28N2O3S. The van der Waals surface area contributed by atoms with Crippen molar-refractivity contribution < 1.29 is 13.2 Å². The van der Waals surface area contributed by atoms with Crippen LogP contribution in [0, 0.1) is 0 Å². The van der Waals surface area contributed by atoms with Crippen LogP contribution in [0.25, 0.3) is 0 Å². The van der Waals surface area contributed by atoms with E-state index in [9.17, 15) is 13.2 Å². The van der Waals surface area contributed by atoms with Gasteiger partial charge in [0.2, 0.25) is 15.9 Å². The summed E-state index contributed by atoms with van der Waals surface area (Å²) >= 11 is 0. The predicted molar refractivity (Wildman–Crippen MR) is 96.1 cm³/mol. The number of carbonyl (C=O) groups excluding carboxylic acids is 1. The lowest BCUT2D eigenvalue weighted by atomic mass is 10.0. The second-order valence-electron chi connectivity index (χ2n) is 6.30. The highest BCUT2D eigenvalue weighted by Crippen LogP contribution is 2.21. The van der Waals surface area contributed by atoms with Crippen LogP contribution in [0.1, 0.15) is 44.2 Å². The molecule has 2 rings (SSSR count). The summed E-state index contributed by atoms with van der Waals surface area (Å²) in [5, 5.41) is 0. The second-order valence-corrected chi connectivity index (χ2v) is 8.39. The van der Waals surface area contributed by atoms with Crippen LogP contribution in [0.3, 0.4) is 0 Å². The van der Waals surface area contributed by atoms with Gasteiger partial charge in [-0.3, -0.25) is 4.79 Å². The molecule has 24 heavy (non-hydrogen) atoms. The van der Waals surface area contributed by atoms with Crippen LogP contribution >= 0.6 is 0 Å². The number of rotatable bonds is 8. The summed E-state index contributed by atoms with van der Waals surface area (Å²) in [4.78, 5) is 14.1. The van der Waals surface area contributed by atoms with Gasteiger partial charge in [0.1, 0.15) is 0 Å². The molecule has 0 aromatic heterocycles. The van der Waals surface area contributed by atoms with Gasteiger partial charge in [0, 0.05) is 32.6 Å². The second kappa shape index (κ2) is 8.62. The van der Waals surface area contributed by atoms with E-state index in [1.165, 1.54) is 9.87 Å². The zero-order chi connectivity index (χ0) is 17.6. The number of hydrogen-bond donors (Lipinski definition) is 0. The Hall–Kier alpha value is -1.40. The van der Waals surface area contributed by atoms with Crippen LogP contribution in [0.15, 0.2) is 24.3 Å². The topological polar surface area (TPSA) is 57.7 Å². The Labute approximate surface area is 145 Å². The summed E-state index contributed by atoms with van der Waals surface area (Å²) < 4.78 is 26.7. The van der Waals surface area contributed by atoms with E-state index in [-0.39, 0.29) is 18.1 Å². The Bertz CT molecular complexity index is 652. The van der Waals surface area contributed by atoms with E-state index in [4.69, 9.17) is 0 Å². The highest BCUT2D eigenvalue weighted by Gasteiger charge is 2.27. The van der Waals surface area contributed by atoms with E-state index in [1.54, 1.807) is 4.90 Å². The minimum absolute atomic E-state index is 0.0558. The molecule has 0 radical (unpaired) electrons. The molecule has 1 aromatic rings. The first kappa shape index (κ1) is 18.9. The Morgan fingerprint density at radius 1 is 1.12 bits per heavy atom. The molecule has 1 heterocycles. The largest absolute Gasteiger partial charge is 0.343 e. The first-order valence-electron chi connectivity index (χ1n) is 8.80. The molecule has 0 N–H and O–H groups in total. The lowest BCUT2D eigenvalue weighted by Gasteiger charge is -2.28. The van der Waals surface area contributed by atoms with Crippen molar-refractivity contribution in [1.82, 2.24) is 9.21 Å². The lowest BCUT2D eigenvalue weighted by molar-refractivity contribution is -0.130. The van der Waals surface area contributed by atoms with Crippen molar-refractivity contribution in [2.75, 3.05) is 25.4 Å². The first-order valence-corrected chi connectivity index (χ1v) is 10.4. The molecule has 0 saturated carbocycles. The molecule has 0 atom stereocenters. The highest BCUT2D eigenvalue weighted by atomic mass is 32.2. The highest BCUT2D eigenvalue weighted by molar-refractivity contribution is 7.89. The van der Waals surface area contributed by atoms with Gasteiger partial charge < -0.3 is 4.90 Å². The minimum atomic E-state index is -3.40. The number of amides is 1. The molecule has 5 nitrogen and oxygen atoms in total. The smallest absolute Gasteiger partial charge is 0.223 e. The molecule has 0 unspecified atom stereocenters. The summed E-state index contributed by atoms with van der Waals surface area (Å²) in [5.74, 6) is -0.155. The molecule has 0 bridgehead atoms. The molecule has 1 aliphatic heterocycles. The van der Waals surface area contributed by atoms with Gasteiger partial charge in [-0.2, -0.15) is 4.31 Å². The van der Waals surface area contributed by atoms with Crippen LogP contribution in [-0.4, -0.2) is 48.9 Å². The monoisotopic (exact) mass is 352 g/mol. The predicted octanol–water partition coefficient (Wildman–Crippen LogP) is 2.41. The van der Waals surface area contributed by atoms with E-state index >= 15 is 0 Å². The van der Waals surface area contributed by atoms with Gasteiger partial charge in [0.15, 0.2) is 0 Å². The van der Waals surface area contributed by atoms with Crippen molar-refractivity contribution in [2.45, 2.75) is 46.1 Å². The van der Waals surface area contributed by atoms with Gasteiger partial charge in [-0.1, -0.05) is 38.1 Å². The molecule has 0 fully saturated rings. The third kappa shape index (κ3) is 4.80. The van der Waals surface area contributed by atoms with Crippen molar-refractivity contribution in [3.63, 3.8) is 0 Å². The van der Waals surface area contributed by atoms with Gasteiger partial charge in [-0.15, -0.1) is 0 Å². The lowest BCUT2D eigenvalue weighted by Crippen LogP contribution is -2.39. The third-order valence-electron chi connectivity index (χ3n) is 4.40. The van der Waals surface area contributed by atoms with Gasteiger partial charge in [-0.25, -0.2) is 8.42 Å². The first-order chi connectivity index (χ1) is 11.5. The van der Waals surface area contributed by atoms with Gasteiger partial charge in [-0.05, 0) is 30.4 Å². The summed E-state index contributed by atoms with van der Waals surface area (Å²) in [7, 11) is -3.40. The molecule has 0 aliphatic carbocycles. The van der Waals surface area contributed by atoms with Crippen LogP contribution in [0.5, 0.6) is 0 Å². The van der Waals surface area contributed by atoms with Gasteiger partial charge in [0.05, 0.1) is 5.75 Å². The SMILES string of the molecule is CCCN(CCC)C(=O)CCS(=O)(=O)N1CCc2ccccc2C1. The molecule has 1 aromatic carbocycles. The molecule has 1 amide bonds. The van der Waals surface area contributed by atoms with E-state index < -0.39 is 10.0 Å². The van der Waals surface area contributed by atoms with E-state index in [0.29, 0.717) is 26.2 Å². The number of sulfonamides is 1. The Kier molecular flexibility index (Phi) is 6.80. The average Bonchev–Trinajstić information content (AvgIpc) is 2.59. The summed E-state index contributed by atoms with van der Waals surface area (Å²) in [6.07, 6.45) is 2.59. The zero-order valence-corrected chi connectivity index (χ0v) is 15.5. The maximum atomic E-state index is 12.6. The molecule has 0 saturated heterocycles. The molecular weight excluding hydrogens is 324 g/mol. The zero-order valence-electron chi connectivity index (χ0n) is 14.7. The number of fused-ring (bicyclic) bond motifs is 1. The third-order valence-corrected chi connectivity index (χ3v) is 6.22. The normalized spacial score (nSPS) is 15.1. The standard InChI is InChI=1S/C18H28N2O3S/c1-3-11-19(12-4-2)18(21)10-14-24(22,23)20-13-9-16-7-5-6-8-17(16)15-20/h5-8H,3-4,9-15H2,1-2H3. The molecule has 0 spiro atoms. The van der Waals surface area contributed by atoms with E-state index in [2.05, 4.69) is 6.07 Å². The minimum Gasteiger partial charge on any atom is -0.343 e. The summed E-state index contributed by atoms with van der Waals surface area (Å²) in [5.41, 5.74) is 2.29. The van der Waals surface area contributed by atoms with E-state index in [1.807, 2.05) is 32.0 Å². The van der Waals surface area contributed by atoms with E-state index in [0.717, 1.165) is 24.8 Å².